The van der Waals surface area contributed by atoms with Crippen LogP contribution in [0.4, 0.5) is 0 Å². The molecule has 5 nitrogen and oxygen atoms in total. The SMILES string of the molecule is CCO[Si](CCC[NH-])(OCC)OCC.[Cl][Ir+2].[c-]1ccccc1-c1ccccn1. The number of benzene rings is 1. The summed E-state index contributed by atoms with van der Waals surface area (Å²) in [5.74, 6) is 0. The zero-order valence-electron chi connectivity index (χ0n) is 16.7. The van der Waals surface area contributed by atoms with E-state index in [-0.39, 0.29) is 0 Å². The van der Waals surface area contributed by atoms with Crippen LogP contribution in [-0.2, 0) is 31.2 Å². The van der Waals surface area contributed by atoms with Gasteiger partial charge in [-0.15, -0.1) is 35.9 Å². The van der Waals surface area contributed by atoms with Crippen LogP contribution in [0.15, 0.2) is 48.7 Å². The second-order valence-corrected chi connectivity index (χ2v) is 8.06. The summed E-state index contributed by atoms with van der Waals surface area (Å²) in [4.78, 5) is 4.22. The number of rotatable bonds is 10. The number of hydrogen-bond acceptors (Lipinski definition) is 4. The van der Waals surface area contributed by atoms with E-state index in [1.165, 1.54) is 17.9 Å². The predicted octanol–water partition coefficient (Wildman–Crippen LogP) is 5.71. The molecule has 0 fully saturated rings. The van der Waals surface area contributed by atoms with Gasteiger partial charge < -0.3 is 24.0 Å². The van der Waals surface area contributed by atoms with Gasteiger partial charge in [0.25, 0.3) is 0 Å². The standard InChI is InChI=1S/C11H8N.C9H22NO3Si.ClH.Ir/c1-2-6-10(7-3-1)11-8-4-5-9-12-11;1-4-11-14(12-5-2,13-6-3)9-7-8-10;;/h1-6,8-9H;10H,4-9H2,1-3H3;1H;/q2*-1;;+3/p-1. The van der Waals surface area contributed by atoms with Crippen molar-refractivity contribution in [1.29, 1.82) is 0 Å². The van der Waals surface area contributed by atoms with E-state index in [4.69, 9.17) is 19.0 Å². The van der Waals surface area contributed by atoms with Crippen LogP contribution < -0.4 is 0 Å². The maximum Gasteiger partial charge on any atom is 0.0160 e. The number of nitrogens with zero attached hydrogens (tertiary/aromatic N) is 1. The van der Waals surface area contributed by atoms with Crippen LogP contribution >= 0.6 is 9.58 Å². The van der Waals surface area contributed by atoms with Crippen molar-refractivity contribution in [1.82, 2.24) is 4.98 Å². The Bertz CT molecular complexity index is 528. The monoisotopic (exact) mass is 602 g/mol. The van der Waals surface area contributed by atoms with Crippen LogP contribution in [0.3, 0.4) is 0 Å². The minimum atomic E-state index is -2.44. The third-order valence-electron chi connectivity index (χ3n) is 3.40. The molecule has 0 atom stereocenters. The van der Waals surface area contributed by atoms with Gasteiger partial charge in [-0.2, -0.15) is 6.54 Å². The summed E-state index contributed by atoms with van der Waals surface area (Å²) < 4.78 is 16.9. The average Bonchev–Trinajstić information content (AvgIpc) is 2.76. The smallest absolute Gasteiger partial charge is 0.0160 e. The molecule has 0 bridgehead atoms. The second-order valence-electron chi connectivity index (χ2n) is 5.33. The number of halogens is 1. The number of nitrogens with one attached hydrogen (secondary N) is 1. The summed E-state index contributed by atoms with van der Waals surface area (Å²) >= 11 is 1.47. The topological polar surface area (TPSA) is 64.4 Å². The van der Waals surface area contributed by atoms with Gasteiger partial charge in [-0.3, -0.25) is 0 Å². The number of hydrogen-bond donors (Lipinski definition) is 0. The first-order valence-corrected chi connectivity index (χ1v) is 14.2. The number of pyridine rings is 1. The zero-order valence-corrected chi connectivity index (χ0v) is 20.9. The molecule has 0 spiro atoms. The molecule has 1 N–H and O–H groups in total. The van der Waals surface area contributed by atoms with E-state index in [2.05, 4.69) is 20.6 Å². The Morgan fingerprint density at radius 1 is 1.00 bits per heavy atom. The van der Waals surface area contributed by atoms with Gasteiger partial charge >= 0.3 is 36.3 Å². The average molecular weight is 602 g/mol. The Hall–Kier alpha value is -0.634. The molecule has 0 unspecified atom stereocenters. The maximum absolute atomic E-state index is 7.13. The summed E-state index contributed by atoms with van der Waals surface area (Å²) in [6.45, 7) is 8.09. The molecule has 2 aromatic rings. The van der Waals surface area contributed by atoms with Crippen molar-refractivity contribution < 1.29 is 31.2 Å². The number of aromatic nitrogens is 1. The van der Waals surface area contributed by atoms with Crippen molar-refractivity contribution in [2.75, 3.05) is 26.4 Å². The van der Waals surface area contributed by atoms with Crippen LogP contribution in [0.25, 0.3) is 17.0 Å². The molecule has 1 aromatic heterocycles. The molecular formula is C20H30ClIrN2O3Si. The molecule has 2 rings (SSSR count). The van der Waals surface area contributed by atoms with Crippen molar-refractivity contribution in [3.8, 4) is 11.3 Å². The van der Waals surface area contributed by atoms with E-state index in [1.54, 1.807) is 6.20 Å². The summed E-state index contributed by atoms with van der Waals surface area (Å²) in [7, 11) is 2.20. The van der Waals surface area contributed by atoms with Gasteiger partial charge in [0, 0.05) is 32.1 Å². The van der Waals surface area contributed by atoms with Crippen LogP contribution in [0.1, 0.15) is 27.2 Å². The summed E-state index contributed by atoms with van der Waals surface area (Å²) in [5, 5.41) is 0. The van der Waals surface area contributed by atoms with Gasteiger partial charge in [-0.05, 0) is 32.5 Å². The molecule has 0 aliphatic heterocycles. The molecule has 28 heavy (non-hydrogen) atoms. The summed E-state index contributed by atoms with van der Waals surface area (Å²) in [6.07, 6.45) is 2.57. The molecule has 0 saturated heterocycles. The Morgan fingerprint density at radius 2 is 1.61 bits per heavy atom. The van der Waals surface area contributed by atoms with Gasteiger partial charge in [0.05, 0.1) is 0 Å². The van der Waals surface area contributed by atoms with E-state index in [9.17, 15) is 0 Å². The molecule has 0 aliphatic rings. The van der Waals surface area contributed by atoms with Crippen LogP contribution in [0.5, 0.6) is 0 Å². The third kappa shape index (κ3) is 11.4. The van der Waals surface area contributed by atoms with E-state index < -0.39 is 8.80 Å². The molecular weight excluding hydrogens is 572 g/mol. The molecule has 0 radical (unpaired) electrons. The quantitative estimate of drug-likeness (QED) is 0.258. The first kappa shape index (κ1) is 27.4. The molecule has 0 saturated carbocycles. The Balaban J connectivity index is 0.000000480. The Morgan fingerprint density at radius 3 is 2.04 bits per heavy atom. The largest absolute Gasteiger partial charge is 0.305 e. The van der Waals surface area contributed by atoms with Crippen molar-refractivity contribution >= 4 is 18.4 Å². The van der Waals surface area contributed by atoms with Gasteiger partial charge in [-0.25, -0.2) is 0 Å². The van der Waals surface area contributed by atoms with Crippen LogP contribution in [0, 0.1) is 6.07 Å². The molecule has 0 aliphatic carbocycles. The van der Waals surface area contributed by atoms with Gasteiger partial charge in [-0.1, -0.05) is 18.6 Å². The first-order valence-electron chi connectivity index (χ1n) is 9.28. The minimum Gasteiger partial charge on any atom is -0.305 e. The third-order valence-corrected chi connectivity index (χ3v) is 6.55. The Labute approximate surface area is 185 Å². The first-order chi connectivity index (χ1) is 13.7. The molecule has 8 heteroatoms. The van der Waals surface area contributed by atoms with E-state index in [0.29, 0.717) is 26.4 Å². The molecule has 1 aromatic carbocycles. The van der Waals surface area contributed by atoms with E-state index in [1.807, 2.05) is 63.2 Å². The summed E-state index contributed by atoms with van der Waals surface area (Å²) in [5.41, 5.74) is 9.15. The molecule has 0 amide bonds. The molecule has 158 valence electrons. The van der Waals surface area contributed by atoms with Gasteiger partial charge in [0.1, 0.15) is 0 Å². The van der Waals surface area contributed by atoms with E-state index in [0.717, 1.165) is 23.7 Å². The van der Waals surface area contributed by atoms with Gasteiger partial charge in [0.2, 0.25) is 0 Å². The fourth-order valence-corrected chi connectivity index (χ4v) is 4.99. The zero-order chi connectivity index (χ0) is 21.1. The fraction of sp³-hybridized carbons (Fsp3) is 0.450. The van der Waals surface area contributed by atoms with Crippen molar-refractivity contribution in [3.63, 3.8) is 0 Å². The molecule has 1 heterocycles. The van der Waals surface area contributed by atoms with Crippen molar-refractivity contribution in [2.24, 2.45) is 0 Å². The van der Waals surface area contributed by atoms with Crippen LogP contribution in [0.2, 0.25) is 6.04 Å². The van der Waals surface area contributed by atoms with Crippen molar-refractivity contribution in [3.05, 3.63) is 60.5 Å². The van der Waals surface area contributed by atoms with Crippen molar-refractivity contribution in [2.45, 2.75) is 33.2 Å². The summed E-state index contributed by atoms with van der Waals surface area (Å²) in [6, 6.07) is 17.6. The predicted molar refractivity (Wildman–Crippen MR) is 114 cm³/mol. The van der Waals surface area contributed by atoms with Crippen LogP contribution in [-0.4, -0.2) is 40.2 Å². The second kappa shape index (κ2) is 18.4. The maximum atomic E-state index is 7.13. The Kier molecular flexibility index (Phi) is 18.0. The fourth-order valence-electron chi connectivity index (χ4n) is 2.38. The minimum absolute atomic E-state index is 0.405. The van der Waals surface area contributed by atoms with E-state index >= 15 is 0 Å². The normalized spacial score (nSPS) is 10.4. The van der Waals surface area contributed by atoms with Gasteiger partial charge in [0.15, 0.2) is 0 Å².